The van der Waals surface area contributed by atoms with E-state index in [1.54, 1.807) is 12.1 Å². The summed E-state index contributed by atoms with van der Waals surface area (Å²) >= 11 is 0. The first-order valence-corrected chi connectivity index (χ1v) is 10.5. The molecule has 0 saturated carbocycles. The van der Waals surface area contributed by atoms with Crippen molar-refractivity contribution in [3.8, 4) is 0 Å². The van der Waals surface area contributed by atoms with Gasteiger partial charge in [0, 0.05) is 6.04 Å². The predicted molar refractivity (Wildman–Crippen MR) is 107 cm³/mol. The van der Waals surface area contributed by atoms with Crippen LogP contribution < -0.4 is 11.1 Å². The maximum Gasteiger partial charge on any atom is 0.123 e. The van der Waals surface area contributed by atoms with Gasteiger partial charge in [-0.15, -0.1) is 0 Å². The third-order valence-corrected chi connectivity index (χ3v) is 4.89. The SMILES string of the molecule is CCCCCCCCCCCCCNCCC(N)c1ccc(F)cc1. The molecular weight excluding hydrogens is 311 g/mol. The Hall–Kier alpha value is -0.930. The maximum absolute atomic E-state index is 12.9. The number of hydrogen-bond acceptors (Lipinski definition) is 2. The summed E-state index contributed by atoms with van der Waals surface area (Å²) in [7, 11) is 0. The topological polar surface area (TPSA) is 38.0 Å². The van der Waals surface area contributed by atoms with Gasteiger partial charge in [-0.05, 0) is 43.6 Å². The molecule has 3 N–H and O–H groups in total. The minimum absolute atomic E-state index is 0.00886. The van der Waals surface area contributed by atoms with E-state index in [9.17, 15) is 4.39 Å². The second kappa shape index (κ2) is 15.3. The highest BCUT2D eigenvalue weighted by Crippen LogP contribution is 2.14. The van der Waals surface area contributed by atoms with Gasteiger partial charge in [-0.2, -0.15) is 0 Å². The molecule has 0 aliphatic rings. The zero-order chi connectivity index (χ0) is 18.2. The lowest BCUT2D eigenvalue weighted by Crippen LogP contribution is -2.22. The van der Waals surface area contributed by atoms with Gasteiger partial charge in [-0.3, -0.25) is 0 Å². The Kier molecular flexibility index (Phi) is 13.6. The number of halogens is 1. The highest BCUT2D eigenvalue weighted by Gasteiger charge is 2.05. The van der Waals surface area contributed by atoms with Crippen molar-refractivity contribution >= 4 is 0 Å². The quantitative estimate of drug-likeness (QED) is 0.353. The van der Waals surface area contributed by atoms with E-state index in [4.69, 9.17) is 5.73 Å². The van der Waals surface area contributed by atoms with Crippen LogP contribution in [-0.4, -0.2) is 13.1 Å². The van der Waals surface area contributed by atoms with Gasteiger partial charge < -0.3 is 11.1 Å². The van der Waals surface area contributed by atoms with Gasteiger partial charge in [0.25, 0.3) is 0 Å². The number of benzene rings is 1. The largest absolute Gasteiger partial charge is 0.324 e. The van der Waals surface area contributed by atoms with Gasteiger partial charge in [0.1, 0.15) is 5.82 Å². The molecule has 0 amide bonds. The number of nitrogens with two attached hydrogens (primary N) is 1. The van der Waals surface area contributed by atoms with Gasteiger partial charge in [-0.25, -0.2) is 4.39 Å². The first-order chi connectivity index (χ1) is 12.2. The number of unbranched alkanes of at least 4 members (excludes halogenated alkanes) is 10. The predicted octanol–water partition coefficient (Wildman–Crippen LogP) is 6.12. The molecule has 1 rings (SSSR count). The van der Waals surface area contributed by atoms with Gasteiger partial charge in [0.2, 0.25) is 0 Å². The lowest BCUT2D eigenvalue weighted by atomic mass is 10.0. The summed E-state index contributed by atoms with van der Waals surface area (Å²) in [6.07, 6.45) is 16.1. The van der Waals surface area contributed by atoms with Gasteiger partial charge in [0.15, 0.2) is 0 Å². The van der Waals surface area contributed by atoms with Crippen LogP contribution in [0.1, 0.15) is 95.6 Å². The van der Waals surface area contributed by atoms with Crippen molar-refractivity contribution in [3.05, 3.63) is 35.6 Å². The van der Waals surface area contributed by atoms with Crippen LogP contribution >= 0.6 is 0 Å². The molecule has 1 aromatic carbocycles. The molecule has 1 atom stereocenters. The Morgan fingerprint density at radius 2 is 1.32 bits per heavy atom. The Morgan fingerprint density at radius 3 is 1.88 bits per heavy atom. The number of rotatable bonds is 16. The molecule has 3 heteroatoms. The number of hydrogen-bond donors (Lipinski definition) is 2. The monoisotopic (exact) mass is 350 g/mol. The van der Waals surface area contributed by atoms with E-state index in [-0.39, 0.29) is 11.9 Å². The molecule has 0 fully saturated rings. The summed E-state index contributed by atoms with van der Waals surface area (Å²) in [5.74, 6) is -0.203. The summed E-state index contributed by atoms with van der Waals surface area (Å²) in [4.78, 5) is 0. The molecule has 0 heterocycles. The van der Waals surface area contributed by atoms with E-state index in [1.165, 1.54) is 82.8 Å². The molecule has 0 aromatic heterocycles. The van der Waals surface area contributed by atoms with E-state index in [1.807, 2.05) is 0 Å². The van der Waals surface area contributed by atoms with E-state index >= 15 is 0 Å². The van der Waals surface area contributed by atoms with Crippen LogP contribution in [0.15, 0.2) is 24.3 Å². The number of nitrogens with one attached hydrogen (secondary N) is 1. The van der Waals surface area contributed by atoms with Crippen molar-refractivity contribution < 1.29 is 4.39 Å². The highest BCUT2D eigenvalue weighted by atomic mass is 19.1. The fraction of sp³-hybridized carbons (Fsp3) is 0.727. The van der Waals surface area contributed by atoms with Gasteiger partial charge in [-0.1, -0.05) is 83.3 Å². The Labute approximate surface area is 154 Å². The summed E-state index contributed by atoms with van der Waals surface area (Å²) in [6.45, 7) is 4.28. The fourth-order valence-electron chi connectivity index (χ4n) is 3.17. The molecule has 0 aliphatic heterocycles. The first-order valence-electron chi connectivity index (χ1n) is 10.5. The van der Waals surface area contributed by atoms with Crippen LogP contribution in [0.5, 0.6) is 0 Å². The Balaban J connectivity index is 1.83. The molecule has 0 saturated heterocycles. The maximum atomic E-state index is 12.9. The second-order valence-electron chi connectivity index (χ2n) is 7.23. The van der Waals surface area contributed by atoms with E-state index < -0.39 is 0 Å². The third-order valence-electron chi connectivity index (χ3n) is 4.89. The van der Waals surface area contributed by atoms with Crippen molar-refractivity contribution in [2.45, 2.75) is 90.0 Å². The van der Waals surface area contributed by atoms with E-state index in [2.05, 4.69) is 12.2 Å². The summed E-state index contributed by atoms with van der Waals surface area (Å²) in [5, 5.41) is 3.47. The van der Waals surface area contributed by atoms with Crippen LogP contribution in [0.4, 0.5) is 4.39 Å². The van der Waals surface area contributed by atoms with Crippen molar-refractivity contribution in [3.63, 3.8) is 0 Å². The van der Waals surface area contributed by atoms with Gasteiger partial charge in [0.05, 0.1) is 0 Å². The zero-order valence-electron chi connectivity index (χ0n) is 16.2. The smallest absolute Gasteiger partial charge is 0.123 e. The molecule has 2 nitrogen and oxygen atoms in total. The lowest BCUT2D eigenvalue weighted by molar-refractivity contribution is 0.528. The first kappa shape index (κ1) is 22.1. The molecular formula is C22H39FN2. The molecule has 0 aliphatic carbocycles. The standard InChI is InChI=1S/C22H39FN2/c1-2-3-4-5-6-7-8-9-10-11-12-18-25-19-17-22(24)20-13-15-21(23)16-14-20/h13-16,22,25H,2-12,17-19,24H2,1H3. The van der Waals surface area contributed by atoms with Crippen molar-refractivity contribution in [2.24, 2.45) is 5.73 Å². The molecule has 144 valence electrons. The second-order valence-corrected chi connectivity index (χ2v) is 7.23. The highest BCUT2D eigenvalue weighted by molar-refractivity contribution is 5.19. The lowest BCUT2D eigenvalue weighted by Gasteiger charge is -2.12. The summed E-state index contributed by atoms with van der Waals surface area (Å²) in [6, 6.07) is 6.51. The molecule has 1 unspecified atom stereocenters. The van der Waals surface area contributed by atoms with Crippen molar-refractivity contribution in [1.82, 2.24) is 5.32 Å². The van der Waals surface area contributed by atoms with Crippen LogP contribution in [0.2, 0.25) is 0 Å². The van der Waals surface area contributed by atoms with Gasteiger partial charge >= 0.3 is 0 Å². The minimum Gasteiger partial charge on any atom is -0.324 e. The van der Waals surface area contributed by atoms with E-state index in [0.29, 0.717) is 0 Å². The fourth-order valence-corrected chi connectivity index (χ4v) is 3.17. The molecule has 0 bridgehead atoms. The van der Waals surface area contributed by atoms with Crippen LogP contribution in [0.25, 0.3) is 0 Å². The van der Waals surface area contributed by atoms with Crippen molar-refractivity contribution in [1.29, 1.82) is 0 Å². The molecule has 0 radical (unpaired) electrons. The molecule has 25 heavy (non-hydrogen) atoms. The average molecular weight is 351 g/mol. The third kappa shape index (κ3) is 12.1. The zero-order valence-corrected chi connectivity index (χ0v) is 16.2. The van der Waals surface area contributed by atoms with Crippen LogP contribution in [0.3, 0.4) is 0 Å². The van der Waals surface area contributed by atoms with Crippen LogP contribution in [0, 0.1) is 5.82 Å². The van der Waals surface area contributed by atoms with Crippen molar-refractivity contribution in [2.75, 3.05) is 13.1 Å². The molecule has 0 spiro atoms. The Bertz CT molecular complexity index is 405. The average Bonchev–Trinajstić information content (AvgIpc) is 2.62. The Morgan fingerprint density at radius 1 is 0.800 bits per heavy atom. The normalized spacial score (nSPS) is 12.4. The summed E-state index contributed by atoms with van der Waals surface area (Å²) < 4.78 is 12.9. The summed E-state index contributed by atoms with van der Waals surface area (Å²) in [5.41, 5.74) is 7.14. The van der Waals surface area contributed by atoms with Crippen LogP contribution in [-0.2, 0) is 0 Å². The minimum atomic E-state index is -0.203. The molecule has 1 aromatic rings. The van der Waals surface area contributed by atoms with E-state index in [0.717, 1.165) is 25.1 Å².